The van der Waals surface area contributed by atoms with Crippen LogP contribution in [-0.4, -0.2) is 23.4 Å². The predicted molar refractivity (Wildman–Crippen MR) is 98.6 cm³/mol. The van der Waals surface area contributed by atoms with E-state index < -0.39 is 16.8 Å². The first-order chi connectivity index (χ1) is 13.0. The van der Waals surface area contributed by atoms with E-state index in [0.29, 0.717) is 0 Å². The fourth-order valence-corrected chi connectivity index (χ4v) is 3.33. The average Bonchev–Trinajstić information content (AvgIpc) is 2.68. The van der Waals surface area contributed by atoms with E-state index in [1.165, 1.54) is 17.7 Å². The van der Waals surface area contributed by atoms with E-state index in [-0.39, 0.29) is 29.5 Å². The Morgan fingerprint density at radius 2 is 1.96 bits per heavy atom. The molecule has 0 radical (unpaired) electrons. The van der Waals surface area contributed by atoms with Crippen molar-refractivity contribution in [1.29, 1.82) is 0 Å². The molecule has 7 nitrogen and oxygen atoms in total. The van der Waals surface area contributed by atoms with Crippen LogP contribution in [0.3, 0.4) is 0 Å². The topological polar surface area (TPSA) is 98.5 Å². The number of ether oxygens (including phenoxy) is 1. The Labute approximate surface area is 156 Å². The van der Waals surface area contributed by atoms with Crippen LogP contribution in [0.2, 0.25) is 0 Å². The highest BCUT2D eigenvalue weighted by atomic mass is 16.6. The molecule has 0 aromatic heterocycles. The van der Waals surface area contributed by atoms with Gasteiger partial charge < -0.3 is 10.1 Å². The Balaban J connectivity index is 1.88. The summed E-state index contributed by atoms with van der Waals surface area (Å²) in [5.41, 5.74) is 1.98. The van der Waals surface area contributed by atoms with Crippen LogP contribution < -0.4 is 5.32 Å². The van der Waals surface area contributed by atoms with Gasteiger partial charge in [0, 0.05) is 17.7 Å². The van der Waals surface area contributed by atoms with Gasteiger partial charge in [0.2, 0.25) is 0 Å². The van der Waals surface area contributed by atoms with Gasteiger partial charge in [-0.3, -0.25) is 14.9 Å². The minimum atomic E-state index is -0.696. The summed E-state index contributed by atoms with van der Waals surface area (Å²) in [6.07, 6.45) is 2.71. The molecule has 7 heteroatoms. The normalized spacial score (nSPS) is 15.5. The second-order valence-electron chi connectivity index (χ2n) is 6.36. The van der Waals surface area contributed by atoms with Crippen molar-refractivity contribution >= 4 is 17.6 Å². The van der Waals surface area contributed by atoms with Gasteiger partial charge in [-0.05, 0) is 43.4 Å². The zero-order chi connectivity index (χ0) is 19.4. The van der Waals surface area contributed by atoms with Gasteiger partial charge in [-0.2, -0.15) is 0 Å². The summed E-state index contributed by atoms with van der Waals surface area (Å²) >= 11 is 0. The summed E-state index contributed by atoms with van der Waals surface area (Å²) in [6.45, 7) is 1.78. The van der Waals surface area contributed by atoms with Crippen LogP contribution in [0.25, 0.3) is 0 Å². The highest BCUT2D eigenvalue weighted by Gasteiger charge is 2.24. The van der Waals surface area contributed by atoms with Crippen molar-refractivity contribution in [2.24, 2.45) is 0 Å². The average molecular weight is 368 g/mol. The van der Waals surface area contributed by atoms with Crippen molar-refractivity contribution in [3.63, 3.8) is 0 Å². The molecule has 3 rings (SSSR count). The Bertz CT molecular complexity index is 894. The number of fused-ring (bicyclic) bond motifs is 1. The van der Waals surface area contributed by atoms with Gasteiger partial charge in [-0.1, -0.05) is 24.3 Å². The number of benzene rings is 2. The molecule has 2 aromatic carbocycles. The van der Waals surface area contributed by atoms with Gasteiger partial charge in [0.25, 0.3) is 11.6 Å². The van der Waals surface area contributed by atoms with Gasteiger partial charge >= 0.3 is 5.97 Å². The second kappa shape index (κ2) is 7.99. The van der Waals surface area contributed by atoms with E-state index in [2.05, 4.69) is 5.32 Å². The summed E-state index contributed by atoms with van der Waals surface area (Å²) < 4.78 is 4.90. The van der Waals surface area contributed by atoms with E-state index in [1.54, 1.807) is 6.92 Å². The van der Waals surface area contributed by atoms with E-state index in [1.807, 2.05) is 24.3 Å². The van der Waals surface area contributed by atoms with Gasteiger partial charge in [-0.25, -0.2) is 4.79 Å². The van der Waals surface area contributed by atoms with E-state index in [0.717, 1.165) is 30.9 Å². The molecule has 0 spiro atoms. The summed E-state index contributed by atoms with van der Waals surface area (Å²) in [6, 6.07) is 11.4. The maximum atomic E-state index is 12.7. The third-order valence-electron chi connectivity index (χ3n) is 4.58. The minimum Gasteiger partial charge on any atom is -0.462 e. The van der Waals surface area contributed by atoms with Crippen LogP contribution in [-0.2, 0) is 11.2 Å². The standard InChI is InChI=1S/C20H20N2O5/c1-2-27-20(24)15-10-14(11-16(12-15)22(25)26)19(23)21-18-9-5-7-13-6-3-4-8-17(13)18/h3-4,6,8,10-12,18H,2,5,7,9H2,1H3,(H,21,23)/t18-/m0/s1. The molecule has 0 aliphatic heterocycles. The third-order valence-corrected chi connectivity index (χ3v) is 4.58. The van der Waals surface area contributed by atoms with Gasteiger partial charge in [0.05, 0.1) is 23.1 Å². The number of nitro groups is 1. The molecule has 2 aromatic rings. The van der Waals surface area contributed by atoms with Crippen molar-refractivity contribution in [1.82, 2.24) is 5.32 Å². The summed E-state index contributed by atoms with van der Waals surface area (Å²) in [5, 5.41) is 14.1. The Hall–Kier alpha value is -3.22. The second-order valence-corrected chi connectivity index (χ2v) is 6.36. The molecular weight excluding hydrogens is 348 g/mol. The molecule has 0 saturated heterocycles. The summed E-state index contributed by atoms with van der Waals surface area (Å²) in [5.74, 6) is -1.15. The van der Waals surface area contributed by atoms with Crippen LogP contribution >= 0.6 is 0 Å². The van der Waals surface area contributed by atoms with Crippen LogP contribution in [0.1, 0.15) is 57.7 Å². The predicted octanol–water partition coefficient (Wildman–Crippen LogP) is 3.58. The molecule has 1 amide bonds. The molecule has 0 unspecified atom stereocenters. The number of esters is 1. The molecule has 0 heterocycles. The van der Waals surface area contributed by atoms with Gasteiger partial charge in [0.1, 0.15) is 0 Å². The lowest BCUT2D eigenvalue weighted by molar-refractivity contribution is -0.384. The van der Waals surface area contributed by atoms with Crippen LogP contribution in [0, 0.1) is 10.1 Å². The molecule has 0 bridgehead atoms. The van der Waals surface area contributed by atoms with Crippen molar-refractivity contribution < 1.29 is 19.2 Å². The highest BCUT2D eigenvalue weighted by molar-refractivity contribution is 5.99. The largest absolute Gasteiger partial charge is 0.462 e. The van der Waals surface area contributed by atoms with Crippen LogP contribution in [0.15, 0.2) is 42.5 Å². The Kier molecular flexibility index (Phi) is 5.49. The minimum absolute atomic E-state index is 0.0137. The van der Waals surface area contributed by atoms with Crippen LogP contribution in [0.5, 0.6) is 0 Å². The number of non-ortho nitro benzene ring substituents is 1. The highest BCUT2D eigenvalue weighted by Crippen LogP contribution is 2.30. The van der Waals surface area contributed by atoms with E-state index in [4.69, 9.17) is 4.74 Å². The first-order valence-corrected chi connectivity index (χ1v) is 8.85. The molecule has 1 aliphatic rings. The number of nitrogens with one attached hydrogen (secondary N) is 1. The van der Waals surface area contributed by atoms with Crippen LogP contribution in [0.4, 0.5) is 5.69 Å². The maximum Gasteiger partial charge on any atom is 0.338 e. The number of carbonyl (C=O) groups is 2. The molecule has 1 atom stereocenters. The molecule has 27 heavy (non-hydrogen) atoms. The van der Waals surface area contributed by atoms with E-state index in [9.17, 15) is 19.7 Å². The summed E-state index contributed by atoms with van der Waals surface area (Å²) in [4.78, 5) is 35.3. The molecule has 1 aliphatic carbocycles. The number of nitro benzene ring substituents is 1. The quantitative estimate of drug-likeness (QED) is 0.494. The number of amides is 1. The molecule has 1 N–H and O–H groups in total. The van der Waals surface area contributed by atoms with Crippen molar-refractivity contribution in [2.75, 3.05) is 6.61 Å². The Morgan fingerprint density at radius 3 is 2.70 bits per heavy atom. The number of nitrogens with zero attached hydrogens (tertiary/aromatic N) is 1. The number of carbonyl (C=O) groups excluding carboxylic acids is 2. The van der Waals surface area contributed by atoms with Gasteiger partial charge in [-0.15, -0.1) is 0 Å². The third kappa shape index (κ3) is 4.13. The van der Waals surface area contributed by atoms with E-state index >= 15 is 0 Å². The lowest BCUT2D eigenvalue weighted by atomic mass is 9.87. The van der Waals surface area contributed by atoms with Crippen molar-refractivity contribution in [3.05, 3.63) is 74.8 Å². The first-order valence-electron chi connectivity index (χ1n) is 8.85. The Morgan fingerprint density at radius 1 is 1.22 bits per heavy atom. The molecule has 0 saturated carbocycles. The zero-order valence-corrected chi connectivity index (χ0v) is 14.9. The smallest absolute Gasteiger partial charge is 0.338 e. The summed E-state index contributed by atoms with van der Waals surface area (Å²) in [7, 11) is 0. The lowest BCUT2D eigenvalue weighted by Crippen LogP contribution is -2.31. The first kappa shape index (κ1) is 18.6. The fourth-order valence-electron chi connectivity index (χ4n) is 3.33. The number of rotatable bonds is 5. The maximum absolute atomic E-state index is 12.7. The monoisotopic (exact) mass is 368 g/mol. The SMILES string of the molecule is CCOC(=O)c1cc(C(=O)N[C@H]2CCCc3ccccc32)cc([N+](=O)[O-])c1. The zero-order valence-electron chi connectivity index (χ0n) is 14.9. The molecule has 0 fully saturated rings. The van der Waals surface area contributed by atoms with Gasteiger partial charge in [0.15, 0.2) is 0 Å². The lowest BCUT2D eigenvalue weighted by Gasteiger charge is -2.26. The molecule has 140 valence electrons. The fraction of sp³-hybridized carbons (Fsp3) is 0.300. The number of aryl methyl sites for hydroxylation is 1. The van der Waals surface area contributed by atoms with Crippen molar-refractivity contribution in [2.45, 2.75) is 32.2 Å². The molecular formula is C20H20N2O5. The number of hydrogen-bond acceptors (Lipinski definition) is 5. The van der Waals surface area contributed by atoms with Crippen molar-refractivity contribution in [3.8, 4) is 0 Å². The number of hydrogen-bond donors (Lipinski definition) is 1.